The summed E-state index contributed by atoms with van der Waals surface area (Å²) in [5.74, 6) is 0.0613. The fraction of sp³-hybridized carbons (Fsp3) is 0.462. The predicted octanol–water partition coefficient (Wildman–Crippen LogP) is 0.162. The molecule has 2 rings (SSSR count). The van der Waals surface area contributed by atoms with Crippen molar-refractivity contribution in [1.82, 2.24) is 15.3 Å². The van der Waals surface area contributed by atoms with Crippen molar-refractivity contribution < 1.29 is 14.3 Å². The molecule has 1 unspecified atom stereocenters. The maximum atomic E-state index is 11.8. The Labute approximate surface area is 117 Å². The Hall–Kier alpha value is -2.15. The van der Waals surface area contributed by atoms with Crippen LogP contribution in [0.2, 0.25) is 0 Å². The Kier molecular flexibility index (Phi) is 4.89. The summed E-state index contributed by atoms with van der Waals surface area (Å²) in [4.78, 5) is 29.2. The Morgan fingerprint density at radius 3 is 3.05 bits per heavy atom. The van der Waals surface area contributed by atoms with E-state index in [0.717, 1.165) is 19.4 Å². The first-order valence-electron chi connectivity index (χ1n) is 6.48. The number of hydrogen-bond acceptors (Lipinski definition) is 6. The summed E-state index contributed by atoms with van der Waals surface area (Å²) in [5.41, 5.74) is 5.28. The highest BCUT2D eigenvalue weighted by atomic mass is 16.5. The number of nitrogens with one attached hydrogen (secondary N) is 2. The quantitative estimate of drug-likeness (QED) is 0.590. The van der Waals surface area contributed by atoms with Gasteiger partial charge in [-0.2, -0.15) is 0 Å². The van der Waals surface area contributed by atoms with E-state index >= 15 is 0 Å². The second-order valence-electron chi connectivity index (χ2n) is 4.54. The molecule has 1 saturated heterocycles. The molecular weight excluding hydrogens is 260 g/mol. The molecule has 2 heterocycles. The normalized spacial score (nSPS) is 18.6. The number of carbonyl (C=O) groups is 2. The summed E-state index contributed by atoms with van der Waals surface area (Å²) in [6.07, 6.45) is 3.25. The van der Waals surface area contributed by atoms with E-state index < -0.39 is 0 Å². The first-order chi connectivity index (χ1) is 9.70. The lowest BCUT2D eigenvalue weighted by Gasteiger charge is -2.21. The van der Waals surface area contributed by atoms with Crippen molar-refractivity contribution in [2.75, 3.05) is 25.6 Å². The lowest BCUT2D eigenvalue weighted by molar-refractivity contribution is -0.146. The van der Waals surface area contributed by atoms with Crippen molar-refractivity contribution >= 4 is 17.7 Å². The number of hydrazine groups is 1. The minimum Gasteiger partial charge on any atom is -0.468 e. The van der Waals surface area contributed by atoms with Crippen LogP contribution in [-0.2, 0) is 14.3 Å². The van der Waals surface area contributed by atoms with Gasteiger partial charge in [0.15, 0.2) is 0 Å². The molecule has 1 aliphatic heterocycles. The summed E-state index contributed by atoms with van der Waals surface area (Å²) in [5, 5.41) is 0. The van der Waals surface area contributed by atoms with Crippen LogP contribution in [0, 0.1) is 0 Å². The second-order valence-corrected chi connectivity index (χ2v) is 4.54. The van der Waals surface area contributed by atoms with Gasteiger partial charge in [0.05, 0.1) is 13.7 Å². The van der Waals surface area contributed by atoms with Crippen molar-refractivity contribution in [3.63, 3.8) is 0 Å². The molecule has 7 nitrogen and oxygen atoms in total. The molecule has 0 aromatic carbocycles. The largest absolute Gasteiger partial charge is 0.468 e. The number of methoxy groups -OCH3 is 1. The third kappa shape index (κ3) is 3.67. The first kappa shape index (κ1) is 14.3. The standard InChI is InChI=1S/C13H18N4O3/c1-20-13(19)10-5-4-8-17(10)9-12(18)16-15-11-6-2-3-7-14-11/h2-3,6-7,10H,4-5,8-9H2,1H3,(H,14,15)(H,16,18). The summed E-state index contributed by atoms with van der Waals surface area (Å²) < 4.78 is 4.74. The number of likely N-dealkylation sites (tertiary alicyclic amines) is 1. The molecule has 0 spiro atoms. The van der Waals surface area contributed by atoms with Crippen LogP contribution in [0.3, 0.4) is 0 Å². The SMILES string of the molecule is COC(=O)C1CCCN1CC(=O)NNc1ccccn1. The van der Waals surface area contributed by atoms with Gasteiger partial charge >= 0.3 is 5.97 Å². The van der Waals surface area contributed by atoms with Gasteiger partial charge in [-0.25, -0.2) is 4.98 Å². The molecule has 1 aromatic heterocycles. The summed E-state index contributed by atoms with van der Waals surface area (Å²) in [6, 6.07) is 5.03. The molecule has 20 heavy (non-hydrogen) atoms. The highest BCUT2D eigenvalue weighted by Crippen LogP contribution is 2.17. The number of pyridine rings is 1. The smallest absolute Gasteiger partial charge is 0.323 e. The van der Waals surface area contributed by atoms with Crippen molar-refractivity contribution in [1.29, 1.82) is 0 Å². The third-order valence-corrected chi connectivity index (χ3v) is 3.18. The van der Waals surface area contributed by atoms with Crippen LogP contribution in [0.4, 0.5) is 5.82 Å². The molecule has 1 amide bonds. The van der Waals surface area contributed by atoms with Gasteiger partial charge in [0.2, 0.25) is 0 Å². The van der Waals surface area contributed by atoms with Gasteiger partial charge in [-0.3, -0.25) is 25.3 Å². The molecule has 1 aromatic rings. The number of hydrogen-bond donors (Lipinski definition) is 2. The minimum absolute atomic E-state index is 0.152. The zero-order valence-corrected chi connectivity index (χ0v) is 11.3. The number of nitrogens with zero attached hydrogens (tertiary/aromatic N) is 2. The average Bonchev–Trinajstić information content (AvgIpc) is 2.93. The fourth-order valence-electron chi connectivity index (χ4n) is 2.21. The zero-order valence-electron chi connectivity index (χ0n) is 11.3. The monoisotopic (exact) mass is 278 g/mol. The number of esters is 1. The molecule has 0 aliphatic carbocycles. The molecule has 0 bridgehead atoms. The van der Waals surface area contributed by atoms with E-state index in [1.54, 1.807) is 18.3 Å². The van der Waals surface area contributed by atoms with Gasteiger partial charge in [0.1, 0.15) is 11.9 Å². The number of carbonyl (C=O) groups excluding carboxylic acids is 2. The highest BCUT2D eigenvalue weighted by Gasteiger charge is 2.32. The highest BCUT2D eigenvalue weighted by molar-refractivity contribution is 5.81. The number of aromatic nitrogens is 1. The van der Waals surface area contributed by atoms with E-state index in [1.807, 2.05) is 11.0 Å². The maximum Gasteiger partial charge on any atom is 0.323 e. The Morgan fingerprint density at radius 2 is 2.35 bits per heavy atom. The fourth-order valence-corrected chi connectivity index (χ4v) is 2.21. The second kappa shape index (κ2) is 6.85. The Balaban J connectivity index is 1.80. The van der Waals surface area contributed by atoms with E-state index in [-0.39, 0.29) is 24.5 Å². The molecule has 0 radical (unpaired) electrons. The Morgan fingerprint density at radius 1 is 1.50 bits per heavy atom. The molecule has 2 N–H and O–H groups in total. The average molecular weight is 278 g/mol. The van der Waals surface area contributed by atoms with Crippen molar-refractivity contribution in [3.05, 3.63) is 24.4 Å². The maximum absolute atomic E-state index is 11.8. The lowest BCUT2D eigenvalue weighted by atomic mass is 10.2. The molecule has 108 valence electrons. The summed E-state index contributed by atoms with van der Waals surface area (Å²) in [6.45, 7) is 0.871. The van der Waals surface area contributed by atoms with E-state index in [4.69, 9.17) is 4.74 Å². The minimum atomic E-state index is -0.319. The molecule has 1 fully saturated rings. The first-order valence-corrected chi connectivity index (χ1v) is 6.48. The van der Waals surface area contributed by atoms with Crippen molar-refractivity contribution in [3.8, 4) is 0 Å². The molecular formula is C13H18N4O3. The van der Waals surface area contributed by atoms with Gasteiger partial charge in [0, 0.05) is 6.20 Å². The van der Waals surface area contributed by atoms with E-state index in [2.05, 4.69) is 15.8 Å². The van der Waals surface area contributed by atoms with Gasteiger partial charge in [-0.15, -0.1) is 0 Å². The van der Waals surface area contributed by atoms with Gasteiger partial charge in [-0.1, -0.05) is 6.07 Å². The van der Waals surface area contributed by atoms with E-state index in [1.165, 1.54) is 7.11 Å². The summed E-state index contributed by atoms with van der Waals surface area (Å²) in [7, 11) is 1.36. The third-order valence-electron chi connectivity index (χ3n) is 3.18. The van der Waals surface area contributed by atoms with Gasteiger partial charge < -0.3 is 4.74 Å². The van der Waals surface area contributed by atoms with Crippen LogP contribution in [0.15, 0.2) is 24.4 Å². The van der Waals surface area contributed by atoms with Crippen molar-refractivity contribution in [2.45, 2.75) is 18.9 Å². The lowest BCUT2D eigenvalue weighted by Crippen LogP contribution is -2.44. The number of anilines is 1. The van der Waals surface area contributed by atoms with Gasteiger partial charge in [0.25, 0.3) is 5.91 Å². The number of ether oxygens (including phenoxy) is 1. The molecule has 1 atom stereocenters. The van der Waals surface area contributed by atoms with Crippen LogP contribution in [0.1, 0.15) is 12.8 Å². The van der Waals surface area contributed by atoms with Crippen LogP contribution >= 0.6 is 0 Å². The van der Waals surface area contributed by atoms with Crippen LogP contribution in [-0.4, -0.2) is 48.0 Å². The van der Waals surface area contributed by atoms with Crippen molar-refractivity contribution in [2.24, 2.45) is 0 Å². The zero-order chi connectivity index (χ0) is 14.4. The van der Waals surface area contributed by atoms with E-state index in [0.29, 0.717) is 5.82 Å². The molecule has 0 saturated carbocycles. The molecule has 1 aliphatic rings. The summed E-state index contributed by atoms with van der Waals surface area (Å²) >= 11 is 0. The Bertz CT molecular complexity index is 466. The van der Waals surface area contributed by atoms with Crippen LogP contribution in [0.25, 0.3) is 0 Å². The predicted molar refractivity (Wildman–Crippen MR) is 72.6 cm³/mol. The topological polar surface area (TPSA) is 83.6 Å². The number of rotatable bonds is 5. The van der Waals surface area contributed by atoms with E-state index in [9.17, 15) is 9.59 Å². The molecule has 7 heteroatoms. The van der Waals surface area contributed by atoms with Gasteiger partial charge in [-0.05, 0) is 31.5 Å². The number of amides is 1. The van der Waals surface area contributed by atoms with Crippen LogP contribution < -0.4 is 10.9 Å². The van der Waals surface area contributed by atoms with Crippen LogP contribution in [0.5, 0.6) is 0 Å².